The number of nitro groups is 1. The smallest absolute Gasteiger partial charge is 0.300 e. The third-order valence-electron chi connectivity index (χ3n) is 2.31. The van der Waals surface area contributed by atoms with Gasteiger partial charge in [-0.3, -0.25) is 14.8 Å². The molecule has 0 aliphatic rings. The summed E-state index contributed by atoms with van der Waals surface area (Å²) >= 11 is 6.25. The van der Waals surface area contributed by atoms with E-state index in [1.54, 1.807) is 0 Å². The lowest BCUT2D eigenvalue weighted by Crippen LogP contribution is -2.11. The van der Waals surface area contributed by atoms with Crippen LogP contribution >= 0.6 is 22.9 Å². The molecule has 0 atom stereocenters. The first-order valence-electron chi connectivity index (χ1n) is 5.30. The minimum Gasteiger partial charge on any atom is -0.481 e. The second kappa shape index (κ2) is 5.84. The zero-order valence-electron chi connectivity index (χ0n) is 10.4. The Labute approximate surface area is 128 Å². The molecule has 0 aliphatic carbocycles. The van der Waals surface area contributed by atoms with Crippen LogP contribution in [0, 0.1) is 10.1 Å². The Morgan fingerprint density at radius 2 is 2.19 bits per heavy atom. The van der Waals surface area contributed by atoms with Crippen LogP contribution < -0.4 is 9.46 Å². The van der Waals surface area contributed by atoms with Gasteiger partial charge in [0.15, 0.2) is 4.34 Å². The van der Waals surface area contributed by atoms with E-state index < -0.39 is 20.6 Å². The Morgan fingerprint density at radius 3 is 2.67 bits per heavy atom. The van der Waals surface area contributed by atoms with Crippen LogP contribution in [0.15, 0.2) is 28.6 Å². The fourth-order valence-corrected chi connectivity index (χ4v) is 4.07. The highest BCUT2D eigenvalue weighted by atomic mass is 35.5. The molecule has 21 heavy (non-hydrogen) atoms. The summed E-state index contributed by atoms with van der Waals surface area (Å²) in [6.45, 7) is 0. The summed E-state index contributed by atoms with van der Waals surface area (Å²) in [4.78, 5) is 13.8. The van der Waals surface area contributed by atoms with Gasteiger partial charge in [-0.15, -0.1) is 11.3 Å². The van der Waals surface area contributed by atoms with Crippen molar-refractivity contribution in [2.75, 3.05) is 11.8 Å². The molecule has 1 N–H and O–H groups in total. The Bertz CT molecular complexity index is 772. The minimum atomic E-state index is -3.97. The van der Waals surface area contributed by atoms with Gasteiger partial charge in [0.1, 0.15) is 4.21 Å². The largest absolute Gasteiger partial charge is 0.481 e. The van der Waals surface area contributed by atoms with E-state index >= 15 is 0 Å². The molecule has 2 aromatic heterocycles. The normalized spacial score (nSPS) is 11.1. The van der Waals surface area contributed by atoms with Crippen LogP contribution in [0.4, 0.5) is 11.4 Å². The van der Waals surface area contributed by atoms with E-state index in [0.717, 1.165) is 6.07 Å². The lowest BCUT2D eigenvalue weighted by Gasteiger charge is -2.05. The van der Waals surface area contributed by atoms with Gasteiger partial charge in [-0.2, -0.15) is 0 Å². The van der Waals surface area contributed by atoms with Gasteiger partial charge in [0.05, 0.1) is 23.9 Å². The molecule has 0 amide bonds. The van der Waals surface area contributed by atoms with Crippen molar-refractivity contribution in [1.29, 1.82) is 0 Å². The van der Waals surface area contributed by atoms with Gasteiger partial charge in [0.25, 0.3) is 15.7 Å². The van der Waals surface area contributed by atoms with Gasteiger partial charge in [-0.25, -0.2) is 13.4 Å². The van der Waals surface area contributed by atoms with Crippen LogP contribution in [0.25, 0.3) is 0 Å². The Kier molecular flexibility index (Phi) is 4.30. The Balaban J connectivity index is 2.29. The van der Waals surface area contributed by atoms with Gasteiger partial charge >= 0.3 is 0 Å². The molecule has 2 rings (SSSR count). The first-order valence-corrected chi connectivity index (χ1v) is 7.98. The molecule has 0 bridgehead atoms. The molecule has 0 aromatic carbocycles. The first-order chi connectivity index (χ1) is 9.83. The molecule has 0 saturated heterocycles. The molecule has 0 aliphatic heterocycles. The van der Waals surface area contributed by atoms with Crippen molar-refractivity contribution < 1.29 is 18.1 Å². The molecule has 112 valence electrons. The highest BCUT2D eigenvalue weighted by Gasteiger charge is 2.25. The van der Waals surface area contributed by atoms with Crippen molar-refractivity contribution in [2.24, 2.45) is 0 Å². The van der Waals surface area contributed by atoms with E-state index in [1.807, 2.05) is 0 Å². The summed E-state index contributed by atoms with van der Waals surface area (Å²) in [5, 5.41) is 10.7. The number of anilines is 1. The van der Waals surface area contributed by atoms with Crippen LogP contribution in [-0.2, 0) is 10.0 Å². The maximum absolute atomic E-state index is 12.1. The van der Waals surface area contributed by atoms with Crippen molar-refractivity contribution >= 4 is 44.3 Å². The quantitative estimate of drug-likeness (QED) is 0.655. The SMILES string of the molecule is COc1ccc(NS(=O)(=O)c2cc([N+](=O)[O-])c(Cl)s2)cn1. The lowest BCUT2D eigenvalue weighted by molar-refractivity contribution is -0.384. The van der Waals surface area contributed by atoms with Crippen molar-refractivity contribution in [3.63, 3.8) is 0 Å². The van der Waals surface area contributed by atoms with Gasteiger partial charge in [-0.1, -0.05) is 11.6 Å². The summed E-state index contributed by atoms with van der Waals surface area (Å²) < 4.78 is 30.9. The molecule has 0 fully saturated rings. The van der Waals surface area contributed by atoms with Crippen LogP contribution in [0.5, 0.6) is 5.88 Å². The number of methoxy groups -OCH3 is 1. The second-order valence-electron chi connectivity index (χ2n) is 3.68. The van der Waals surface area contributed by atoms with Crippen LogP contribution in [0.3, 0.4) is 0 Å². The predicted octanol–water partition coefficient (Wildman–Crippen LogP) is 2.51. The molecular weight excluding hydrogens is 342 g/mol. The second-order valence-corrected chi connectivity index (χ2v) is 7.24. The third kappa shape index (κ3) is 3.40. The summed E-state index contributed by atoms with van der Waals surface area (Å²) in [7, 11) is -2.54. The number of hydrogen-bond acceptors (Lipinski definition) is 7. The van der Waals surface area contributed by atoms with Crippen LogP contribution in [0.2, 0.25) is 4.34 Å². The van der Waals surface area contributed by atoms with Crippen molar-refractivity contribution in [2.45, 2.75) is 4.21 Å². The standard InChI is InChI=1S/C10H8ClN3O5S2/c1-19-8-3-2-6(5-12-8)13-21(17,18)9-4-7(14(15)16)10(11)20-9/h2-5,13H,1H3. The van der Waals surface area contributed by atoms with Gasteiger partial charge in [0.2, 0.25) is 5.88 Å². The highest BCUT2D eigenvalue weighted by molar-refractivity contribution is 7.94. The van der Waals surface area contributed by atoms with E-state index in [4.69, 9.17) is 16.3 Å². The number of hydrogen-bond donors (Lipinski definition) is 1. The number of thiophene rings is 1. The Morgan fingerprint density at radius 1 is 1.48 bits per heavy atom. The fourth-order valence-electron chi connectivity index (χ4n) is 1.36. The van der Waals surface area contributed by atoms with E-state index in [1.165, 1.54) is 25.4 Å². The van der Waals surface area contributed by atoms with Crippen molar-refractivity contribution in [3.05, 3.63) is 38.8 Å². The van der Waals surface area contributed by atoms with Gasteiger partial charge < -0.3 is 4.74 Å². The molecular formula is C10H8ClN3O5S2. The molecule has 0 saturated carbocycles. The summed E-state index contributed by atoms with van der Waals surface area (Å²) in [6, 6.07) is 3.83. The average Bonchev–Trinajstić information content (AvgIpc) is 2.82. The number of sulfonamides is 1. The van der Waals surface area contributed by atoms with E-state index in [0.29, 0.717) is 17.2 Å². The van der Waals surface area contributed by atoms with Gasteiger partial charge in [-0.05, 0) is 6.07 Å². The van der Waals surface area contributed by atoms with E-state index in [2.05, 4.69) is 9.71 Å². The van der Waals surface area contributed by atoms with Crippen molar-refractivity contribution in [1.82, 2.24) is 4.98 Å². The van der Waals surface area contributed by atoms with E-state index in [-0.39, 0.29) is 14.2 Å². The number of ether oxygens (including phenoxy) is 1. The number of nitrogens with zero attached hydrogens (tertiary/aromatic N) is 2. The predicted molar refractivity (Wildman–Crippen MR) is 77.6 cm³/mol. The molecule has 8 nitrogen and oxygen atoms in total. The molecule has 0 unspecified atom stereocenters. The summed E-state index contributed by atoms with van der Waals surface area (Å²) in [5.41, 5.74) is -0.252. The summed E-state index contributed by atoms with van der Waals surface area (Å²) in [6.07, 6.45) is 1.26. The minimum absolute atomic E-state index is 0.197. The van der Waals surface area contributed by atoms with Crippen molar-refractivity contribution in [3.8, 4) is 5.88 Å². The maximum atomic E-state index is 12.1. The first kappa shape index (κ1) is 15.5. The number of aromatic nitrogens is 1. The molecule has 2 heterocycles. The topological polar surface area (TPSA) is 111 Å². The summed E-state index contributed by atoms with van der Waals surface area (Å²) in [5.74, 6) is 0.327. The molecule has 2 aromatic rings. The molecule has 0 spiro atoms. The van der Waals surface area contributed by atoms with Gasteiger partial charge in [0, 0.05) is 12.1 Å². The third-order valence-corrected chi connectivity index (χ3v) is 5.50. The monoisotopic (exact) mass is 349 g/mol. The molecule has 11 heteroatoms. The number of pyridine rings is 1. The zero-order valence-corrected chi connectivity index (χ0v) is 12.8. The fraction of sp³-hybridized carbons (Fsp3) is 0.100. The highest BCUT2D eigenvalue weighted by Crippen LogP contribution is 2.36. The lowest BCUT2D eigenvalue weighted by atomic mass is 10.4. The number of rotatable bonds is 5. The zero-order chi connectivity index (χ0) is 15.6. The number of halogens is 1. The van der Waals surface area contributed by atoms with Crippen LogP contribution in [-0.4, -0.2) is 25.4 Å². The average molecular weight is 350 g/mol. The Hall–Kier alpha value is -1.91. The number of nitrogens with one attached hydrogen (secondary N) is 1. The molecule has 0 radical (unpaired) electrons. The van der Waals surface area contributed by atoms with E-state index in [9.17, 15) is 18.5 Å². The van der Waals surface area contributed by atoms with Crippen LogP contribution in [0.1, 0.15) is 0 Å². The maximum Gasteiger partial charge on any atom is 0.300 e.